The average molecular weight is 376 g/mol. The van der Waals surface area contributed by atoms with E-state index < -0.39 is 16.1 Å². The molecule has 0 spiro atoms. The number of rotatable bonds is 6. The SMILES string of the molecule is CCN(C(c1ccccc1)c1ccccc1)S(=O)(=O)c1ccc(C#N)cc1. The lowest BCUT2D eigenvalue weighted by atomic mass is 9.99. The molecular weight excluding hydrogens is 356 g/mol. The lowest BCUT2D eigenvalue weighted by Crippen LogP contribution is -2.35. The summed E-state index contributed by atoms with van der Waals surface area (Å²) in [5, 5.41) is 8.96. The molecule has 3 aromatic carbocycles. The third-order valence-electron chi connectivity index (χ3n) is 4.42. The maximum atomic E-state index is 13.4. The van der Waals surface area contributed by atoms with Crippen molar-refractivity contribution in [3.05, 3.63) is 102 Å². The van der Waals surface area contributed by atoms with Crippen LogP contribution in [0.5, 0.6) is 0 Å². The molecule has 0 aromatic heterocycles. The third kappa shape index (κ3) is 3.92. The summed E-state index contributed by atoms with van der Waals surface area (Å²) in [5.74, 6) is 0. The molecule has 0 radical (unpaired) electrons. The molecule has 0 saturated heterocycles. The Bertz CT molecular complexity index is 986. The second kappa shape index (κ2) is 8.17. The third-order valence-corrected chi connectivity index (χ3v) is 6.37. The molecule has 5 heteroatoms. The summed E-state index contributed by atoms with van der Waals surface area (Å²) < 4.78 is 28.3. The van der Waals surface area contributed by atoms with E-state index in [0.29, 0.717) is 12.1 Å². The fraction of sp³-hybridized carbons (Fsp3) is 0.136. The fourth-order valence-electron chi connectivity index (χ4n) is 3.12. The van der Waals surface area contributed by atoms with E-state index in [0.717, 1.165) is 11.1 Å². The fourth-order valence-corrected chi connectivity index (χ4v) is 4.74. The van der Waals surface area contributed by atoms with Crippen molar-refractivity contribution in [2.45, 2.75) is 17.9 Å². The van der Waals surface area contributed by atoms with Crippen LogP contribution in [0.3, 0.4) is 0 Å². The first-order valence-corrected chi connectivity index (χ1v) is 10.1. The topological polar surface area (TPSA) is 61.2 Å². The van der Waals surface area contributed by atoms with Crippen LogP contribution in [-0.4, -0.2) is 19.3 Å². The number of sulfonamides is 1. The van der Waals surface area contributed by atoms with E-state index in [1.54, 1.807) is 0 Å². The van der Waals surface area contributed by atoms with Gasteiger partial charge in [0, 0.05) is 6.54 Å². The van der Waals surface area contributed by atoms with Crippen molar-refractivity contribution in [3.63, 3.8) is 0 Å². The van der Waals surface area contributed by atoms with Gasteiger partial charge in [-0.25, -0.2) is 8.42 Å². The maximum Gasteiger partial charge on any atom is 0.243 e. The summed E-state index contributed by atoms with van der Waals surface area (Å²) in [6.07, 6.45) is 0. The normalized spacial score (nSPS) is 11.5. The highest BCUT2D eigenvalue weighted by Gasteiger charge is 2.32. The molecule has 0 heterocycles. The second-order valence-corrected chi connectivity index (χ2v) is 7.96. The van der Waals surface area contributed by atoms with Crippen molar-refractivity contribution in [2.24, 2.45) is 0 Å². The molecule has 0 amide bonds. The molecule has 0 aliphatic carbocycles. The molecule has 3 rings (SSSR count). The number of nitriles is 1. The molecule has 0 aliphatic heterocycles. The van der Waals surface area contributed by atoms with Crippen molar-refractivity contribution in [3.8, 4) is 6.07 Å². The van der Waals surface area contributed by atoms with Crippen molar-refractivity contribution < 1.29 is 8.42 Å². The zero-order valence-electron chi connectivity index (χ0n) is 15.0. The van der Waals surface area contributed by atoms with Crippen molar-refractivity contribution in [1.29, 1.82) is 5.26 Å². The van der Waals surface area contributed by atoms with Gasteiger partial charge in [-0.1, -0.05) is 67.6 Å². The minimum atomic E-state index is -3.75. The minimum Gasteiger partial charge on any atom is -0.207 e. The van der Waals surface area contributed by atoms with Gasteiger partial charge in [-0.2, -0.15) is 9.57 Å². The molecule has 3 aromatic rings. The van der Waals surface area contributed by atoms with E-state index in [1.807, 2.05) is 73.7 Å². The quantitative estimate of drug-likeness (QED) is 0.642. The zero-order valence-corrected chi connectivity index (χ0v) is 15.8. The molecule has 0 N–H and O–H groups in total. The molecule has 0 saturated carbocycles. The van der Waals surface area contributed by atoms with E-state index in [4.69, 9.17) is 5.26 Å². The van der Waals surface area contributed by atoms with Crippen LogP contribution >= 0.6 is 0 Å². The van der Waals surface area contributed by atoms with Crippen molar-refractivity contribution >= 4 is 10.0 Å². The highest BCUT2D eigenvalue weighted by atomic mass is 32.2. The molecule has 0 bridgehead atoms. The smallest absolute Gasteiger partial charge is 0.207 e. The van der Waals surface area contributed by atoms with Gasteiger partial charge in [0.05, 0.1) is 22.6 Å². The minimum absolute atomic E-state index is 0.181. The predicted octanol–water partition coefficient (Wildman–Crippen LogP) is 4.36. The molecule has 4 nitrogen and oxygen atoms in total. The number of benzene rings is 3. The van der Waals surface area contributed by atoms with Gasteiger partial charge >= 0.3 is 0 Å². The Hall–Kier alpha value is -2.94. The van der Waals surface area contributed by atoms with Gasteiger partial charge in [-0.05, 0) is 35.4 Å². The summed E-state index contributed by atoms with van der Waals surface area (Å²) >= 11 is 0. The first-order valence-electron chi connectivity index (χ1n) is 8.70. The second-order valence-electron chi connectivity index (χ2n) is 6.07. The number of hydrogen-bond donors (Lipinski definition) is 0. The Kier molecular flexibility index (Phi) is 5.70. The van der Waals surface area contributed by atoms with Crippen LogP contribution in [0, 0.1) is 11.3 Å². The van der Waals surface area contributed by atoms with Crippen LogP contribution < -0.4 is 0 Å². The molecular formula is C22H20N2O2S. The van der Waals surface area contributed by atoms with Crippen LogP contribution in [0.25, 0.3) is 0 Å². The lowest BCUT2D eigenvalue weighted by Gasteiger charge is -2.31. The molecule has 0 unspecified atom stereocenters. The number of nitrogens with zero attached hydrogens (tertiary/aromatic N) is 2. The standard InChI is InChI=1S/C22H20N2O2S/c1-2-24(27(25,26)21-15-13-18(17-23)14-16-21)22(19-9-5-3-6-10-19)20-11-7-4-8-12-20/h3-16,22H,2H2,1H3. The van der Waals surface area contributed by atoms with E-state index in [9.17, 15) is 8.42 Å². The largest absolute Gasteiger partial charge is 0.243 e. The van der Waals surface area contributed by atoms with Gasteiger partial charge in [0.2, 0.25) is 10.0 Å². The Morgan fingerprint density at radius 2 is 1.33 bits per heavy atom. The van der Waals surface area contributed by atoms with Gasteiger partial charge in [0.1, 0.15) is 0 Å². The van der Waals surface area contributed by atoms with Crippen molar-refractivity contribution in [2.75, 3.05) is 6.54 Å². The summed E-state index contributed by atoms with van der Waals surface area (Å²) in [6.45, 7) is 2.15. The Labute approximate surface area is 160 Å². The predicted molar refractivity (Wildman–Crippen MR) is 105 cm³/mol. The summed E-state index contributed by atoms with van der Waals surface area (Å²) in [6, 6.07) is 26.8. The van der Waals surface area contributed by atoms with Crippen LogP contribution in [0.4, 0.5) is 0 Å². The first-order chi connectivity index (χ1) is 13.1. The van der Waals surface area contributed by atoms with Crippen molar-refractivity contribution in [1.82, 2.24) is 4.31 Å². The lowest BCUT2D eigenvalue weighted by molar-refractivity contribution is 0.375. The van der Waals surface area contributed by atoms with Gasteiger partial charge in [-0.15, -0.1) is 0 Å². The van der Waals surface area contributed by atoms with E-state index in [1.165, 1.54) is 28.6 Å². The molecule has 136 valence electrons. The van der Waals surface area contributed by atoms with Crippen LogP contribution in [0.15, 0.2) is 89.8 Å². The van der Waals surface area contributed by atoms with Crippen LogP contribution in [-0.2, 0) is 10.0 Å². The Morgan fingerprint density at radius 3 is 1.74 bits per heavy atom. The van der Waals surface area contributed by atoms with Gasteiger partial charge in [0.15, 0.2) is 0 Å². The molecule has 27 heavy (non-hydrogen) atoms. The maximum absolute atomic E-state index is 13.4. The summed E-state index contributed by atoms with van der Waals surface area (Å²) in [5.41, 5.74) is 2.24. The summed E-state index contributed by atoms with van der Waals surface area (Å²) in [4.78, 5) is 0.181. The first kappa shape index (κ1) is 18.8. The van der Waals surface area contributed by atoms with Gasteiger partial charge in [-0.3, -0.25) is 0 Å². The highest BCUT2D eigenvalue weighted by molar-refractivity contribution is 7.89. The van der Waals surface area contributed by atoms with E-state index >= 15 is 0 Å². The highest BCUT2D eigenvalue weighted by Crippen LogP contribution is 2.33. The number of hydrogen-bond acceptors (Lipinski definition) is 3. The zero-order chi connectivity index (χ0) is 19.3. The molecule has 0 aliphatic rings. The molecule has 0 fully saturated rings. The van der Waals surface area contributed by atoms with Crippen LogP contribution in [0.2, 0.25) is 0 Å². The Balaban J connectivity index is 2.12. The summed E-state index contributed by atoms with van der Waals surface area (Å²) in [7, 11) is -3.75. The Morgan fingerprint density at radius 1 is 0.852 bits per heavy atom. The van der Waals surface area contributed by atoms with Crippen LogP contribution in [0.1, 0.15) is 29.7 Å². The van der Waals surface area contributed by atoms with Gasteiger partial charge < -0.3 is 0 Å². The monoisotopic (exact) mass is 376 g/mol. The van der Waals surface area contributed by atoms with E-state index in [2.05, 4.69) is 0 Å². The van der Waals surface area contributed by atoms with E-state index in [-0.39, 0.29) is 4.90 Å². The molecule has 0 atom stereocenters. The average Bonchev–Trinajstić information content (AvgIpc) is 2.73. The van der Waals surface area contributed by atoms with Gasteiger partial charge in [0.25, 0.3) is 0 Å².